The van der Waals surface area contributed by atoms with Gasteiger partial charge in [-0.05, 0) is 84.9 Å². The predicted molar refractivity (Wildman–Crippen MR) is 175 cm³/mol. The molecule has 0 radical (unpaired) electrons. The van der Waals surface area contributed by atoms with E-state index in [2.05, 4.69) is 63.1 Å². The molecule has 4 unspecified atom stereocenters. The van der Waals surface area contributed by atoms with Crippen molar-refractivity contribution in [1.82, 2.24) is 0 Å². The fourth-order valence-corrected chi connectivity index (χ4v) is 12.2. The minimum atomic E-state index is 0.465. The van der Waals surface area contributed by atoms with Crippen LogP contribution in [0.1, 0.15) is 157 Å². The Labute approximate surface area is 242 Å². The van der Waals surface area contributed by atoms with Gasteiger partial charge in [0.2, 0.25) is 0 Å². The molecule has 6 heteroatoms. The van der Waals surface area contributed by atoms with Crippen LogP contribution >= 0.6 is 41.2 Å². The summed E-state index contributed by atoms with van der Waals surface area (Å²) in [4.78, 5) is 0. The zero-order valence-corrected chi connectivity index (χ0v) is 28.2. The smallest absolute Gasteiger partial charge is 0.0575 e. The van der Waals surface area contributed by atoms with Gasteiger partial charge in [-0.1, -0.05) is 113 Å². The lowest BCUT2D eigenvalue weighted by Crippen LogP contribution is -2.15. The number of ether oxygens (including phenoxy) is 2. The Morgan fingerprint density at radius 3 is 1.17 bits per heavy atom. The van der Waals surface area contributed by atoms with E-state index in [1.165, 1.54) is 116 Å². The number of unbranched alkanes of at least 4 members (excludes halogenated alkanes) is 8. The van der Waals surface area contributed by atoms with Gasteiger partial charge in [-0.3, -0.25) is 0 Å². The summed E-state index contributed by atoms with van der Waals surface area (Å²) in [5, 5.41) is 1.47. The van der Waals surface area contributed by atoms with Crippen molar-refractivity contribution in [3.8, 4) is 0 Å². The van der Waals surface area contributed by atoms with Crippen molar-refractivity contribution >= 4 is 41.2 Å². The third-order valence-electron chi connectivity index (χ3n) is 6.97. The highest BCUT2D eigenvalue weighted by Crippen LogP contribution is 2.49. The van der Waals surface area contributed by atoms with Crippen LogP contribution in [-0.2, 0) is 9.47 Å². The van der Waals surface area contributed by atoms with Crippen molar-refractivity contribution < 1.29 is 9.47 Å². The van der Waals surface area contributed by atoms with Crippen LogP contribution in [0.4, 0.5) is 0 Å². The van der Waals surface area contributed by atoms with Gasteiger partial charge in [-0.2, -0.15) is 0 Å². The fraction of sp³-hybridized carbons (Fsp3) is 1.00. The molecule has 0 bridgehead atoms. The molecule has 0 N–H and O–H groups in total. The summed E-state index contributed by atoms with van der Waals surface area (Å²) in [5.41, 5.74) is 0. The Hall–Kier alpha value is 1.32. The van der Waals surface area contributed by atoms with Crippen LogP contribution in [0.15, 0.2) is 0 Å². The average Bonchev–Trinajstić information content (AvgIpc) is 2.89. The maximum absolute atomic E-state index is 6.08. The van der Waals surface area contributed by atoms with Gasteiger partial charge in [-0.15, -0.1) is 0 Å². The zero-order valence-electron chi connectivity index (χ0n) is 24.9. The van der Waals surface area contributed by atoms with Gasteiger partial charge >= 0.3 is 0 Å². The normalized spacial score (nSPS) is 15.2. The molecule has 0 rings (SSSR count). The molecule has 0 amide bonds. The molecule has 0 aromatic rings. The second-order valence-electron chi connectivity index (χ2n) is 10.1. The van der Waals surface area contributed by atoms with E-state index >= 15 is 0 Å². The minimum absolute atomic E-state index is 0.465. The molecule has 0 aliphatic carbocycles. The minimum Gasteiger partial charge on any atom is -0.379 e. The molecular formula is C30H62O2S4. The summed E-state index contributed by atoms with van der Waals surface area (Å²) in [5.74, 6) is 0. The van der Waals surface area contributed by atoms with Gasteiger partial charge < -0.3 is 9.47 Å². The molecule has 0 aromatic carbocycles. The molecule has 0 fully saturated rings. The Bertz CT molecular complexity index is 390. The lowest BCUT2D eigenvalue weighted by atomic mass is 10.0. The lowest BCUT2D eigenvalue weighted by Gasteiger charge is -2.21. The second kappa shape index (κ2) is 29.3. The monoisotopic (exact) mass is 582 g/mol. The molecule has 36 heavy (non-hydrogen) atoms. The summed E-state index contributed by atoms with van der Waals surface area (Å²) in [6.07, 6.45) is 24.5. The van der Waals surface area contributed by atoms with Crippen molar-refractivity contribution in [2.24, 2.45) is 0 Å². The highest BCUT2D eigenvalue weighted by molar-refractivity contribution is 9.26. The van der Waals surface area contributed by atoms with Gasteiger partial charge in [0.05, 0.1) is 12.2 Å². The van der Waals surface area contributed by atoms with Crippen molar-refractivity contribution in [2.45, 2.75) is 180 Å². The Morgan fingerprint density at radius 1 is 0.444 bits per heavy atom. The molecule has 0 aliphatic rings. The first-order chi connectivity index (χ1) is 17.6. The van der Waals surface area contributed by atoms with E-state index in [0.717, 1.165) is 23.7 Å². The van der Waals surface area contributed by atoms with Crippen LogP contribution in [0.5, 0.6) is 0 Å². The maximum atomic E-state index is 6.08. The first-order valence-corrected chi connectivity index (χ1v) is 20.5. The summed E-state index contributed by atoms with van der Waals surface area (Å²) in [6.45, 7) is 15.3. The standard InChI is InChI=1S/C30H62O2S4/c1-7-13-15-17-19-21-27(31-11-5)23-25-29(9-3)33-35-36-34-30(10-4)26-24-28(32-12-6)22-20-18-16-14-8-2/h27-30H,7-26H2,1-6H3. The maximum Gasteiger partial charge on any atom is 0.0575 e. The Kier molecular flexibility index (Phi) is 30.4. The molecule has 0 aromatic heterocycles. The quantitative estimate of drug-likeness (QED) is 0.0640. The van der Waals surface area contributed by atoms with Crippen LogP contribution < -0.4 is 0 Å². The van der Waals surface area contributed by atoms with E-state index in [0.29, 0.717) is 12.2 Å². The van der Waals surface area contributed by atoms with Crippen molar-refractivity contribution in [2.75, 3.05) is 13.2 Å². The molecular weight excluding hydrogens is 521 g/mol. The highest BCUT2D eigenvalue weighted by Gasteiger charge is 2.16. The highest BCUT2D eigenvalue weighted by atomic mass is 33.7. The lowest BCUT2D eigenvalue weighted by molar-refractivity contribution is 0.0472. The summed E-state index contributed by atoms with van der Waals surface area (Å²) >= 11 is 0. The molecule has 0 aliphatic heterocycles. The van der Waals surface area contributed by atoms with E-state index in [1.807, 2.05) is 19.7 Å². The van der Waals surface area contributed by atoms with Crippen LogP contribution in [-0.4, -0.2) is 35.9 Å². The summed E-state index contributed by atoms with van der Waals surface area (Å²) in [7, 11) is 8.22. The Morgan fingerprint density at radius 2 is 0.833 bits per heavy atom. The molecule has 2 nitrogen and oxygen atoms in total. The largest absolute Gasteiger partial charge is 0.379 e. The number of hydrogen-bond acceptors (Lipinski definition) is 6. The zero-order chi connectivity index (χ0) is 26.7. The SMILES string of the molecule is CCCCCCCC(CCC(CC)SSSSC(CC)CCC(CCCCCCC)OCC)OCC. The van der Waals surface area contributed by atoms with Crippen LogP contribution in [0.2, 0.25) is 0 Å². The first-order valence-electron chi connectivity index (χ1n) is 15.5. The van der Waals surface area contributed by atoms with Gasteiger partial charge in [-0.25, -0.2) is 0 Å². The van der Waals surface area contributed by atoms with Gasteiger partial charge in [0.1, 0.15) is 0 Å². The van der Waals surface area contributed by atoms with E-state index in [9.17, 15) is 0 Å². The fourth-order valence-electron chi connectivity index (χ4n) is 4.57. The number of rotatable bonds is 29. The predicted octanol–water partition coefficient (Wildman–Crippen LogP) is 12.3. The average molecular weight is 583 g/mol. The third-order valence-corrected chi connectivity index (χ3v) is 14.6. The molecule has 0 spiro atoms. The number of hydrogen-bond donors (Lipinski definition) is 0. The summed E-state index contributed by atoms with van der Waals surface area (Å²) in [6, 6.07) is 0. The van der Waals surface area contributed by atoms with E-state index < -0.39 is 0 Å². The Balaban J connectivity index is 4.16. The second-order valence-corrected chi connectivity index (χ2v) is 16.5. The first kappa shape index (κ1) is 37.3. The van der Waals surface area contributed by atoms with Crippen molar-refractivity contribution in [1.29, 1.82) is 0 Å². The van der Waals surface area contributed by atoms with Crippen molar-refractivity contribution in [3.63, 3.8) is 0 Å². The molecule has 4 atom stereocenters. The van der Waals surface area contributed by atoms with E-state index in [1.54, 1.807) is 0 Å². The van der Waals surface area contributed by atoms with E-state index in [4.69, 9.17) is 9.47 Å². The van der Waals surface area contributed by atoms with Crippen LogP contribution in [0, 0.1) is 0 Å². The van der Waals surface area contributed by atoms with Crippen LogP contribution in [0.25, 0.3) is 0 Å². The molecule has 0 heterocycles. The molecule has 218 valence electrons. The third kappa shape index (κ3) is 23.2. The van der Waals surface area contributed by atoms with Crippen LogP contribution in [0.3, 0.4) is 0 Å². The molecule has 0 saturated heterocycles. The van der Waals surface area contributed by atoms with Gasteiger partial charge in [0.15, 0.2) is 0 Å². The van der Waals surface area contributed by atoms with Gasteiger partial charge in [0.25, 0.3) is 0 Å². The summed E-state index contributed by atoms with van der Waals surface area (Å²) < 4.78 is 12.2. The van der Waals surface area contributed by atoms with Crippen molar-refractivity contribution in [3.05, 3.63) is 0 Å². The van der Waals surface area contributed by atoms with Gasteiger partial charge in [0, 0.05) is 23.7 Å². The topological polar surface area (TPSA) is 18.5 Å². The van der Waals surface area contributed by atoms with E-state index in [-0.39, 0.29) is 0 Å². The molecule has 0 saturated carbocycles.